The maximum absolute atomic E-state index is 12.7. The van der Waals surface area contributed by atoms with E-state index in [1.807, 2.05) is 11.9 Å². The lowest BCUT2D eigenvalue weighted by Crippen LogP contribution is -2.57. The van der Waals surface area contributed by atoms with Gasteiger partial charge in [0.25, 0.3) is 0 Å². The number of carbonyl (C=O) groups is 1. The van der Waals surface area contributed by atoms with Gasteiger partial charge in [0.1, 0.15) is 0 Å². The SMILES string of the molecule is CC1CC(CN)(C(=O)N(C)C2CCCCC2C)C1. The Bertz CT molecular complexity index is 310. The lowest BCUT2D eigenvalue weighted by molar-refractivity contribution is -0.152. The number of amides is 1. The molecule has 18 heavy (non-hydrogen) atoms. The molecule has 0 heterocycles. The lowest BCUT2D eigenvalue weighted by Gasteiger charge is -2.48. The molecule has 0 spiro atoms. The van der Waals surface area contributed by atoms with E-state index >= 15 is 0 Å². The van der Waals surface area contributed by atoms with E-state index in [1.54, 1.807) is 0 Å². The molecule has 2 N–H and O–H groups in total. The monoisotopic (exact) mass is 252 g/mol. The molecule has 3 nitrogen and oxygen atoms in total. The molecule has 2 rings (SSSR count). The smallest absolute Gasteiger partial charge is 0.230 e. The Balaban J connectivity index is 2.03. The van der Waals surface area contributed by atoms with E-state index in [-0.39, 0.29) is 5.41 Å². The zero-order valence-electron chi connectivity index (χ0n) is 12.1. The second-order valence-electron chi connectivity index (χ2n) is 6.74. The summed E-state index contributed by atoms with van der Waals surface area (Å²) in [7, 11) is 2.00. The maximum atomic E-state index is 12.7. The van der Waals surface area contributed by atoms with Crippen molar-refractivity contribution in [3.05, 3.63) is 0 Å². The van der Waals surface area contributed by atoms with E-state index in [0.29, 0.717) is 30.3 Å². The second-order valence-corrected chi connectivity index (χ2v) is 6.74. The average molecular weight is 252 g/mol. The summed E-state index contributed by atoms with van der Waals surface area (Å²) in [5, 5.41) is 0. The fraction of sp³-hybridized carbons (Fsp3) is 0.933. The van der Waals surface area contributed by atoms with E-state index in [0.717, 1.165) is 12.8 Å². The van der Waals surface area contributed by atoms with Crippen molar-refractivity contribution < 1.29 is 4.79 Å². The van der Waals surface area contributed by atoms with Gasteiger partial charge in [0.2, 0.25) is 5.91 Å². The summed E-state index contributed by atoms with van der Waals surface area (Å²) in [5.74, 6) is 1.61. The highest BCUT2D eigenvalue weighted by atomic mass is 16.2. The topological polar surface area (TPSA) is 46.3 Å². The number of hydrogen-bond acceptors (Lipinski definition) is 2. The third kappa shape index (κ3) is 2.29. The first-order valence-electron chi connectivity index (χ1n) is 7.47. The van der Waals surface area contributed by atoms with Gasteiger partial charge in [-0.15, -0.1) is 0 Å². The van der Waals surface area contributed by atoms with Crippen molar-refractivity contribution in [2.45, 2.75) is 58.4 Å². The minimum absolute atomic E-state index is 0.231. The Kier molecular flexibility index (Phi) is 4.00. The zero-order valence-corrected chi connectivity index (χ0v) is 12.1. The number of carbonyl (C=O) groups excluding carboxylic acids is 1. The number of nitrogens with zero attached hydrogens (tertiary/aromatic N) is 1. The van der Waals surface area contributed by atoms with Gasteiger partial charge in [-0.2, -0.15) is 0 Å². The Morgan fingerprint density at radius 2 is 1.89 bits per heavy atom. The quantitative estimate of drug-likeness (QED) is 0.838. The van der Waals surface area contributed by atoms with Crippen molar-refractivity contribution in [2.75, 3.05) is 13.6 Å². The molecule has 2 fully saturated rings. The molecule has 0 radical (unpaired) electrons. The molecule has 2 aliphatic rings. The van der Waals surface area contributed by atoms with Gasteiger partial charge < -0.3 is 10.6 Å². The highest BCUT2D eigenvalue weighted by Crippen LogP contribution is 2.46. The Hall–Kier alpha value is -0.570. The summed E-state index contributed by atoms with van der Waals surface area (Å²) in [5.41, 5.74) is 5.66. The van der Waals surface area contributed by atoms with E-state index in [1.165, 1.54) is 25.7 Å². The minimum atomic E-state index is -0.231. The molecular weight excluding hydrogens is 224 g/mol. The predicted molar refractivity (Wildman–Crippen MR) is 74.1 cm³/mol. The van der Waals surface area contributed by atoms with Crippen molar-refractivity contribution >= 4 is 5.91 Å². The molecule has 2 saturated carbocycles. The van der Waals surface area contributed by atoms with Crippen LogP contribution in [0.4, 0.5) is 0 Å². The third-order valence-corrected chi connectivity index (χ3v) is 5.21. The number of hydrogen-bond donors (Lipinski definition) is 1. The van der Waals surface area contributed by atoms with E-state index in [9.17, 15) is 4.79 Å². The van der Waals surface area contributed by atoms with Crippen LogP contribution in [-0.2, 0) is 4.79 Å². The summed E-state index contributed by atoms with van der Waals surface area (Å²) >= 11 is 0. The molecule has 3 heteroatoms. The van der Waals surface area contributed by atoms with Crippen LogP contribution in [-0.4, -0.2) is 30.4 Å². The van der Waals surface area contributed by atoms with Gasteiger partial charge >= 0.3 is 0 Å². The van der Waals surface area contributed by atoms with Gasteiger partial charge in [-0.1, -0.05) is 26.7 Å². The second kappa shape index (κ2) is 5.20. The van der Waals surface area contributed by atoms with Crippen LogP contribution in [0.25, 0.3) is 0 Å². The van der Waals surface area contributed by atoms with Gasteiger partial charge in [0.05, 0.1) is 5.41 Å². The first-order chi connectivity index (χ1) is 8.50. The van der Waals surface area contributed by atoms with Crippen LogP contribution in [0.5, 0.6) is 0 Å². The van der Waals surface area contributed by atoms with Crippen molar-refractivity contribution in [1.29, 1.82) is 0 Å². The number of nitrogens with two attached hydrogens (primary N) is 1. The van der Waals surface area contributed by atoms with Crippen molar-refractivity contribution in [2.24, 2.45) is 23.0 Å². The molecule has 2 unspecified atom stereocenters. The highest BCUT2D eigenvalue weighted by Gasteiger charge is 2.49. The largest absolute Gasteiger partial charge is 0.342 e. The van der Waals surface area contributed by atoms with Crippen molar-refractivity contribution in [3.8, 4) is 0 Å². The summed E-state index contributed by atoms with van der Waals surface area (Å²) in [4.78, 5) is 14.7. The molecule has 0 aromatic rings. The van der Waals surface area contributed by atoms with Crippen molar-refractivity contribution in [1.82, 2.24) is 4.90 Å². The van der Waals surface area contributed by atoms with Gasteiger partial charge in [-0.05, 0) is 37.5 Å². The lowest BCUT2D eigenvalue weighted by atomic mass is 9.61. The molecule has 0 aromatic heterocycles. The molecule has 0 saturated heterocycles. The summed E-state index contributed by atoms with van der Waals surface area (Å²) < 4.78 is 0. The Labute approximate surface area is 111 Å². The molecule has 2 atom stereocenters. The zero-order chi connectivity index (χ0) is 13.3. The van der Waals surface area contributed by atoms with Crippen LogP contribution in [0, 0.1) is 17.3 Å². The molecule has 104 valence electrons. The molecular formula is C15H28N2O. The van der Waals surface area contributed by atoms with Crippen LogP contribution in [0.1, 0.15) is 52.4 Å². The molecule has 0 aliphatic heterocycles. The average Bonchev–Trinajstić information content (AvgIpc) is 2.33. The van der Waals surface area contributed by atoms with Crippen LogP contribution < -0.4 is 5.73 Å². The van der Waals surface area contributed by atoms with Gasteiger partial charge in [-0.3, -0.25) is 4.79 Å². The maximum Gasteiger partial charge on any atom is 0.230 e. The summed E-state index contributed by atoms with van der Waals surface area (Å²) in [6, 6.07) is 0.436. The standard InChI is InChI=1S/C15H28N2O/c1-11-8-15(9-11,10-16)14(18)17(3)13-7-5-4-6-12(13)2/h11-13H,4-10,16H2,1-3H3. The predicted octanol–water partition coefficient (Wildman–Crippen LogP) is 2.40. The van der Waals surface area contributed by atoms with Gasteiger partial charge in [0.15, 0.2) is 0 Å². The van der Waals surface area contributed by atoms with Crippen LogP contribution in [0.15, 0.2) is 0 Å². The minimum Gasteiger partial charge on any atom is -0.342 e. The van der Waals surface area contributed by atoms with Crippen LogP contribution in [0.2, 0.25) is 0 Å². The van der Waals surface area contributed by atoms with E-state index in [4.69, 9.17) is 5.73 Å². The Morgan fingerprint density at radius 1 is 1.28 bits per heavy atom. The third-order valence-electron chi connectivity index (χ3n) is 5.21. The van der Waals surface area contributed by atoms with Crippen LogP contribution >= 0.6 is 0 Å². The summed E-state index contributed by atoms with van der Waals surface area (Å²) in [6.07, 6.45) is 6.97. The van der Waals surface area contributed by atoms with Gasteiger partial charge in [-0.25, -0.2) is 0 Å². The molecule has 1 amide bonds. The summed E-state index contributed by atoms with van der Waals surface area (Å²) in [6.45, 7) is 5.01. The first-order valence-corrected chi connectivity index (χ1v) is 7.47. The highest BCUT2D eigenvalue weighted by molar-refractivity contribution is 5.84. The molecule has 2 aliphatic carbocycles. The van der Waals surface area contributed by atoms with Crippen LogP contribution in [0.3, 0.4) is 0 Å². The first kappa shape index (κ1) is 13.9. The van der Waals surface area contributed by atoms with Gasteiger partial charge in [0, 0.05) is 19.6 Å². The molecule has 0 bridgehead atoms. The number of rotatable bonds is 3. The normalized spacial score (nSPS) is 40.1. The van der Waals surface area contributed by atoms with E-state index < -0.39 is 0 Å². The fourth-order valence-electron chi connectivity index (χ4n) is 4.10. The molecule has 0 aromatic carbocycles. The van der Waals surface area contributed by atoms with Crippen molar-refractivity contribution in [3.63, 3.8) is 0 Å². The fourth-order valence-corrected chi connectivity index (χ4v) is 4.10. The van der Waals surface area contributed by atoms with E-state index in [2.05, 4.69) is 13.8 Å². The Morgan fingerprint density at radius 3 is 2.39 bits per heavy atom.